The van der Waals surface area contributed by atoms with Crippen LogP contribution in [0.5, 0.6) is 0 Å². The highest BCUT2D eigenvalue weighted by molar-refractivity contribution is 5.93. The van der Waals surface area contributed by atoms with Crippen LogP contribution < -0.4 is 5.32 Å². The average Bonchev–Trinajstić information content (AvgIpc) is 3.31. The van der Waals surface area contributed by atoms with Gasteiger partial charge in [0.2, 0.25) is 5.82 Å². The van der Waals surface area contributed by atoms with Crippen molar-refractivity contribution in [2.24, 2.45) is 11.8 Å². The van der Waals surface area contributed by atoms with E-state index < -0.39 is 0 Å². The van der Waals surface area contributed by atoms with E-state index in [1.165, 1.54) is 19.2 Å². The second kappa shape index (κ2) is 10.5. The Kier molecular flexibility index (Phi) is 7.24. The Morgan fingerprint density at radius 2 is 1.88 bits per heavy atom. The molecule has 0 atom stereocenters. The highest BCUT2D eigenvalue weighted by atomic mass is 19.1. The van der Waals surface area contributed by atoms with Crippen LogP contribution in [0.2, 0.25) is 0 Å². The number of esters is 1. The lowest BCUT2D eigenvalue weighted by atomic mass is 9.82. The fourth-order valence-corrected chi connectivity index (χ4v) is 4.20. The molecular weight excluding hydrogens is 439 g/mol. The molecule has 1 aliphatic rings. The number of tetrazole rings is 1. The van der Waals surface area contributed by atoms with Gasteiger partial charge >= 0.3 is 5.97 Å². The Morgan fingerprint density at radius 3 is 2.59 bits per heavy atom. The Hall–Kier alpha value is -3.69. The molecule has 4 rings (SSSR count). The van der Waals surface area contributed by atoms with Crippen molar-refractivity contribution in [2.75, 3.05) is 7.11 Å². The largest absolute Gasteiger partial charge is 0.469 e. The summed E-state index contributed by atoms with van der Waals surface area (Å²) in [6, 6.07) is 9.38. The maximum atomic E-state index is 13.1. The molecule has 1 amide bonds. The molecule has 1 fully saturated rings. The zero-order chi connectivity index (χ0) is 24.1. The molecule has 10 heteroatoms. The Balaban J connectivity index is 1.38. The first-order valence-corrected chi connectivity index (χ1v) is 11.3. The fourth-order valence-electron chi connectivity index (χ4n) is 4.20. The van der Waals surface area contributed by atoms with Gasteiger partial charge in [-0.3, -0.25) is 9.59 Å². The lowest BCUT2D eigenvalue weighted by Crippen LogP contribution is -2.25. The zero-order valence-corrected chi connectivity index (χ0v) is 19.2. The van der Waals surface area contributed by atoms with E-state index in [1.807, 2.05) is 0 Å². The molecule has 0 radical (unpaired) electrons. The summed E-state index contributed by atoms with van der Waals surface area (Å²) < 4.78 is 17.9. The molecule has 0 aliphatic heterocycles. The average molecular weight is 467 g/mol. The van der Waals surface area contributed by atoms with Crippen molar-refractivity contribution in [1.29, 1.82) is 0 Å². The van der Waals surface area contributed by atoms with Gasteiger partial charge in [0.15, 0.2) is 0 Å². The van der Waals surface area contributed by atoms with E-state index in [9.17, 15) is 14.0 Å². The summed E-state index contributed by atoms with van der Waals surface area (Å²) in [4.78, 5) is 30.2. The summed E-state index contributed by atoms with van der Waals surface area (Å²) in [5.41, 5.74) is 2.34. The molecule has 1 aromatic carbocycles. The van der Waals surface area contributed by atoms with E-state index in [0.717, 1.165) is 31.2 Å². The number of amides is 1. The normalized spacial score (nSPS) is 17.9. The number of rotatable bonds is 7. The first-order chi connectivity index (χ1) is 16.4. The summed E-state index contributed by atoms with van der Waals surface area (Å²) in [5, 5.41) is 15.6. The molecule has 0 unspecified atom stereocenters. The third-order valence-corrected chi connectivity index (χ3v) is 6.07. The van der Waals surface area contributed by atoms with Gasteiger partial charge in [-0.2, -0.15) is 4.80 Å². The van der Waals surface area contributed by atoms with Crippen LogP contribution in [0.15, 0.2) is 36.4 Å². The van der Waals surface area contributed by atoms with E-state index in [-0.39, 0.29) is 35.9 Å². The molecule has 1 saturated carbocycles. The number of aryl methyl sites for hydroxylation is 1. The summed E-state index contributed by atoms with van der Waals surface area (Å²) >= 11 is 0. The van der Waals surface area contributed by atoms with E-state index in [2.05, 4.69) is 25.7 Å². The van der Waals surface area contributed by atoms with Gasteiger partial charge in [0, 0.05) is 17.8 Å². The van der Waals surface area contributed by atoms with E-state index in [1.54, 1.807) is 36.0 Å². The van der Waals surface area contributed by atoms with E-state index in [4.69, 9.17) is 4.74 Å². The number of hydrogen-bond donors (Lipinski definition) is 1. The molecule has 0 spiro atoms. The molecule has 3 aromatic rings. The number of aromatic nitrogens is 5. The van der Waals surface area contributed by atoms with E-state index >= 15 is 0 Å². The van der Waals surface area contributed by atoms with Crippen LogP contribution in [0.1, 0.15) is 47.4 Å². The summed E-state index contributed by atoms with van der Waals surface area (Å²) in [6.45, 7) is 2.68. The van der Waals surface area contributed by atoms with Gasteiger partial charge in [-0.25, -0.2) is 9.37 Å². The second-order valence-corrected chi connectivity index (χ2v) is 8.60. The van der Waals surface area contributed by atoms with Crippen LogP contribution in [-0.4, -0.2) is 44.2 Å². The molecule has 34 heavy (non-hydrogen) atoms. The minimum atomic E-state index is -0.343. The van der Waals surface area contributed by atoms with Crippen molar-refractivity contribution in [3.05, 3.63) is 59.2 Å². The van der Waals surface area contributed by atoms with Gasteiger partial charge in [0.05, 0.1) is 19.6 Å². The van der Waals surface area contributed by atoms with E-state index in [0.29, 0.717) is 29.5 Å². The molecule has 2 aromatic heterocycles. The molecule has 2 heterocycles. The van der Waals surface area contributed by atoms with Crippen molar-refractivity contribution in [1.82, 2.24) is 30.5 Å². The van der Waals surface area contributed by atoms with Gasteiger partial charge in [-0.1, -0.05) is 12.1 Å². The maximum Gasteiger partial charge on any atom is 0.308 e. The standard InChI is InChI=1S/C24H27FN6O3/c1-15-11-19(12-21(27-15)23(32)26-13-16-5-9-20(25)10-6-16)22-28-30-31(29-22)14-17-3-7-18(8-4-17)24(33)34-2/h5-6,9-12,17-18H,3-4,7-8,13-14H2,1-2H3,(H,26,32). The highest BCUT2D eigenvalue weighted by Gasteiger charge is 2.27. The Labute approximate surface area is 196 Å². The third-order valence-electron chi connectivity index (χ3n) is 6.07. The number of hydrogen-bond acceptors (Lipinski definition) is 7. The number of benzene rings is 1. The number of nitrogens with zero attached hydrogens (tertiary/aromatic N) is 5. The highest BCUT2D eigenvalue weighted by Crippen LogP contribution is 2.30. The van der Waals surface area contributed by atoms with Gasteiger partial charge < -0.3 is 10.1 Å². The van der Waals surface area contributed by atoms with Crippen LogP contribution >= 0.6 is 0 Å². The lowest BCUT2D eigenvalue weighted by Gasteiger charge is -2.26. The summed E-state index contributed by atoms with van der Waals surface area (Å²) in [7, 11) is 1.43. The van der Waals surface area contributed by atoms with Gasteiger partial charge in [0.25, 0.3) is 5.91 Å². The molecule has 178 valence electrons. The van der Waals surface area contributed by atoms with Gasteiger partial charge in [-0.15, -0.1) is 10.2 Å². The number of pyridine rings is 1. The van der Waals surface area contributed by atoms with Crippen molar-refractivity contribution in [2.45, 2.75) is 45.7 Å². The van der Waals surface area contributed by atoms with Crippen molar-refractivity contribution in [3.8, 4) is 11.4 Å². The number of ether oxygens (including phenoxy) is 1. The van der Waals surface area contributed by atoms with Crippen LogP contribution in [0, 0.1) is 24.6 Å². The van der Waals surface area contributed by atoms with Crippen molar-refractivity contribution in [3.63, 3.8) is 0 Å². The molecule has 1 aliphatic carbocycles. The number of nitrogens with one attached hydrogen (secondary N) is 1. The second-order valence-electron chi connectivity index (χ2n) is 8.60. The quantitative estimate of drug-likeness (QED) is 0.533. The van der Waals surface area contributed by atoms with Crippen LogP contribution in [-0.2, 0) is 22.6 Å². The Morgan fingerprint density at radius 1 is 1.15 bits per heavy atom. The minimum absolute atomic E-state index is 0.0204. The predicted octanol–water partition coefficient (Wildman–Crippen LogP) is 3.09. The smallest absolute Gasteiger partial charge is 0.308 e. The van der Waals surface area contributed by atoms with Crippen LogP contribution in [0.4, 0.5) is 4.39 Å². The van der Waals surface area contributed by atoms with Gasteiger partial charge in [-0.05, 0) is 73.6 Å². The van der Waals surface area contributed by atoms with Crippen LogP contribution in [0.3, 0.4) is 0 Å². The molecule has 0 saturated heterocycles. The number of carbonyl (C=O) groups is 2. The molecule has 0 bridgehead atoms. The predicted molar refractivity (Wildman–Crippen MR) is 121 cm³/mol. The summed E-state index contributed by atoms with van der Waals surface area (Å²) in [6.07, 6.45) is 3.42. The van der Waals surface area contributed by atoms with Gasteiger partial charge in [0.1, 0.15) is 11.5 Å². The third kappa shape index (κ3) is 5.81. The maximum absolute atomic E-state index is 13.1. The number of methoxy groups -OCH3 is 1. The first-order valence-electron chi connectivity index (χ1n) is 11.3. The number of halogens is 1. The SMILES string of the molecule is COC(=O)C1CCC(Cn2nnc(-c3cc(C)nc(C(=O)NCc4ccc(F)cc4)c3)n2)CC1. The molecule has 9 nitrogen and oxygen atoms in total. The fraction of sp³-hybridized carbons (Fsp3) is 0.417. The minimum Gasteiger partial charge on any atom is -0.469 e. The summed E-state index contributed by atoms with van der Waals surface area (Å²) in [5.74, 6) is -0.0343. The zero-order valence-electron chi connectivity index (χ0n) is 19.2. The topological polar surface area (TPSA) is 112 Å². The monoisotopic (exact) mass is 466 g/mol. The Bertz CT molecular complexity index is 1160. The molecule has 1 N–H and O–H groups in total. The lowest BCUT2D eigenvalue weighted by molar-refractivity contribution is -0.146. The molecular formula is C24H27FN6O3. The number of carbonyl (C=O) groups excluding carboxylic acids is 2. The van der Waals surface area contributed by atoms with Crippen molar-refractivity contribution >= 4 is 11.9 Å². The van der Waals surface area contributed by atoms with Crippen molar-refractivity contribution < 1.29 is 18.7 Å². The van der Waals surface area contributed by atoms with Crippen LogP contribution in [0.25, 0.3) is 11.4 Å². The first kappa shape index (κ1) is 23.5.